The van der Waals surface area contributed by atoms with Crippen molar-refractivity contribution in [3.63, 3.8) is 0 Å². The summed E-state index contributed by atoms with van der Waals surface area (Å²) >= 11 is 0. The predicted molar refractivity (Wildman–Crippen MR) is 105 cm³/mol. The van der Waals surface area contributed by atoms with E-state index in [0.29, 0.717) is 25.1 Å². The van der Waals surface area contributed by atoms with E-state index in [-0.39, 0.29) is 24.1 Å². The molecule has 2 heterocycles. The highest BCUT2D eigenvalue weighted by Gasteiger charge is 2.28. The van der Waals surface area contributed by atoms with Crippen molar-refractivity contribution in [1.82, 2.24) is 19.4 Å². The summed E-state index contributed by atoms with van der Waals surface area (Å²) in [6.45, 7) is 7.18. The van der Waals surface area contributed by atoms with Crippen LogP contribution in [0.4, 0.5) is 0 Å². The van der Waals surface area contributed by atoms with Crippen molar-refractivity contribution in [2.45, 2.75) is 33.1 Å². The predicted octanol–water partition coefficient (Wildman–Crippen LogP) is 2.07. The Morgan fingerprint density at radius 2 is 1.96 bits per heavy atom. The van der Waals surface area contributed by atoms with Crippen LogP contribution in [-0.2, 0) is 10.0 Å². The van der Waals surface area contributed by atoms with Gasteiger partial charge in [-0.05, 0) is 31.4 Å². The standard InChI is InChI=1S/C19H26N4O3S/c1-14(2)18-17(13-21-23(18)16-7-5-15(3)6-8-16)19(24)20-9-11-22-10-4-12-27(22,25)26/h5-8,13-14H,4,9-12H2,1-3H3,(H,20,24). The second-order valence-corrected chi connectivity index (χ2v) is 9.26. The first kappa shape index (κ1) is 19.6. The number of hydrogen-bond donors (Lipinski definition) is 1. The van der Waals surface area contributed by atoms with E-state index >= 15 is 0 Å². The summed E-state index contributed by atoms with van der Waals surface area (Å²) in [5.74, 6) is 0.0732. The van der Waals surface area contributed by atoms with Crippen LogP contribution in [0.25, 0.3) is 5.69 Å². The van der Waals surface area contributed by atoms with Gasteiger partial charge in [-0.2, -0.15) is 5.10 Å². The molecule has 1 N–H and O–H groups in total. The number of amides is 1. The molecular weight excluding hydrogens is 364 g/mol. The molecule has 1 aromatic carbocycles. The van der Waals surface area contributed by atoms with Crippen molar-refractivity contribution >= 4 is 15.9 Å². The number of aromatic nitrogens is 2. The van der Waals surface area contributed by atoms with Gasteiger partial charge in [0.1, 0.15) is 0 Å². The molecule has 1 aliphatic heterocycles. The molecule has 1 aliphatic rings. The number of nitrogens with one attached hydrogen (secondary N) is 1. The van der Waals surface area contributed by atoms with Crippen molar-refractivity contribution in [2.24, 2.45) is 0 Å². The lowest BCUT2D eigenvalue weighted by Gasteiger charge is -2.15. The number of sulfonamides is 1. The minimum atomic E-state index is -3.14. The summed E-state index contributed by atoms with van der Waals surface area (Å²) in [7, 11) is -3.14. The highest BCUT2D eigenvalue weighted by Crippen LogP contribution is 2.23. The van der Waals surface area contributed by atoms with Crippen LogP contribution < -0.4 is 5.32 Å². The quantitative estimate of drug-likeness (QED) is 0.818. The maximum Gasteiger partial charge on any atom is 0.254 e. The van der Waals surface area contributed by atoms with E-state index in [4.69, 9.17) is 0 Å². The van der Waals surface area contributed by atoms with Crippen LogP contribution in [0.2, 0.25) is 0 Å². The van der Waals surface area contributed by atoms with Crippen molar-refractivity contribution in [1.29, 1.82) is 0 Å². The fraction of sp³-hybridized carbons (Fsp3) is 0.474. The number of nitrogens with zero attached hydrogens (tertiary/aromatic N) is 3. The number of carbonyl (C=O) groups is 1. The highest BCUT2D eigenvalue weighted by atomic mass is 32.2. The Bertz CT molecular complexity index is 917. The summed E-state index contributed by atoms with van der Waals surface area (Å²) < 4.78 is 26.9. The number of benzene rings is 1. The molecule has 1 aromatic heterocycles. The summed E-state index contributed by atoms with van der Waals surface area (Å²) in [6.07, 6.45) is 2.23. The lowest BCUT2D eigenvalue weighted by atomic mass is 10.0. The van der Waals surface area contributed by atoms with E-state index in [2.05, 4.69) is 10.4 Å². The molecule has 7 nitrogen and oxygen atoms in total. The summed E-state index contributed by atoms with van der Waals surface area (Å²) in [6, 6.07) is 7.98. The van der Waals surface area contributed by atoms with Crippen molar-refractivity contribution in [3.05, 3.63) is 47.3 Å². The smallest absolute Gasteiger partial charge is 0.254 e. The molecule has 2 aromatic rings. The first-order valence-electron chi connectivity index (χ1n) is 9.20. The summed E-state index contributed by atoms with van der Waals surface area (Å²) in [4.78, 5) is 12.7. The topological polar surface area (TPSA) is 84.3 Å². The number of rotatable bonds is 6. The van der Waals surface area contributed by atoms with Gasteiger partial charge in [-0.3, -0.25) is 4.79 Å². The Morgan fingerprint density at radius 1 is 1.26 bits per heavy atom. The van der Waals surface area contributed by atoms with Gasteiger partial charge in [-0.25, -0.2) is 17.4 Å². The third-order valence-corrected chi connectivity index (χ3v) is 6.68. The first-order valence-corrected chi connectivity index (χ1v) is 10.8. The summed E-state index contributed by atoms with van der Waals surface area (Å²) in [5.41, 5.74) is 3.43. The van der Waals surface area contributed by atoms with E-state index in [0.717, 1.165) is 16.9 Å². The zero-order valence-electron chi connectivity index (χ0n) is 16.0. The minimum Gasteiger partial charge on any atom is -0.351 e. The van der Waals surface area contributed by atoms with Crippen molar-refractivity contribution < 1.29 is 13.2 Å². The Balaban J connectivity index is 1.74. The molecule has 0 aliphatic carbocycles. The number of hydrogen-bond acceptors (Lipinski definition) is 4. The van der Waals surface area contributed by atoms with Crippen LogP contribution in [0.15, 0.2) is 30.5 Å². The average molecular weight is 391 g/mol. The maximum atomic E-state index is 12.7. The average Bonchev–Trinajstić information content (AvgIpc) is 3.19. The van der Waals surface area contributed by atoms with Crippen LogP contribution >= 0.6 is 0 Å². The maximum absolute atomic E-state index is 12.7. The lowest BCUT2D eigenvalue weighted by Crippen LogP contribution is -2.36. The molecule has 146 valence electrons. The molecule has 0 bridgehead atoms. The third kappa shape index (κ3) is 4.22. The third-order valence-electron chi connectivity index (χ3n) is 4.73. The van der Waals surface area contributed by atoms with E-state index in [1.807, 2.05) is 45.0 Å². The Labute approximate surface area is 160 Å². The number of carbonyl (C=O) groups excluding carboxylic acids is 1. The van der Waals surface area contributed by atoms with Crippen LogP contribution in [0, 0.1) is 6.92 Å². The molecule has 8 heteroatoms. The molecule has 0 atom stereocenters. The zero-order chi connectivity index (χ0) is 19.6. The van der Waals surface area contributed by atoms with Gasteiger partial charge < -0.3 is 5.32 Å². The molecular formula is C19H26N4O3S. The van der Waals surface area contributed by atoms with Crippen LogP contribution in [-0.4, -0.2) is 53.8 Å². The first-order chi connectivity index (χ1) is 12.8. The molecule has 1 saturated heterocycles. The molecule has 27 heavy (non-hydrogen) atoms. The van der Waals surface area contributed by atoms with Crippen molar-refractivity contribution in [3.8, 4) is 5.69 Å². The van der Waals surface area contributed by atoms with Crippen LogP contribution in [0.5, 0.6) is 0 Å². The SMILES string of the molecule is Cc1ccc(-n2ncc(C(=O)NCCN3CCCS3(=O)=O)c2C(C)C)cc1. The minimum absolute atomic E-state index is 0.105. The van der Waals surface area contributed by atoms with Crippen LogP contribution in [0.3, 0.4) is 0 Å². The normalized spacial score (nSPS) is 16.7. The largest absolute Gasteiger partial charge is 0.351 e. The molecule has 0 spiro atoms. The Morgan fingerprint density at radius 3 is 2.56 bits per heavy atom. The van der Waals surface area contributed by atoms with Gasteiger partial charge in [0.2, 0.25) is 10.0 Å². The van der Waals surface area contributed by atoms with Gasteiger partial charge in [0.25, 0.3) is 5.91 Å². The van der Waals surface area contributed by atoms with E-state index < -0.39 is 10.0 Å². The van der Waals surface area contributed by atoms with E-state index in [1.54, 1.807) is 10.9 Å². The Hall–Kier alpha value is -2.19. The summed E-state index contributed by atoms with van der Waals surface area (Å²) in [5, 5.41) is 7.25. The highest BCUT2D eigenvalue weighted by molar-refractivity contribution is 7.89. The second kappa shape index (κ2) is 7.82. The van der Waals surface area contributed by atoms with E-state index in [1.165, 1.54) is 4.31 Å². The zero-order valence-corrected chi connectivity index (χ0v) is 16.8. The molecule has 0 unspecified atom stereocenters. The molecule has 0 saturated carbocycles. The molecule has 1 fully saturated rings. The van der Waals surface area contributed by atoms with Gasteiger partial charge in [0.15, 0.2) is 0 Å². The monoisotopic (exact) mass is 390 g/mol. The number of aryl methyl sites for hydroxylation is 1. The van der Waals surface area contributed by atoms with E-state index in [9.17, 15) is 13.2 Å². The van der Waals surface area contributed by atoms with Gasteiger partial charge in [0, 0.05) is 19.6 Å². The molecule has 3 rings (SSSR count). The Kier molecular flexibility index (Phi) is 5.67. The van der Waals surface area contributed by atoms with Gasteiger partial charge in [-0.1, -0.05) is 31.5 Å². The fourth-order valence-corrected chi connectivity index (χ4v) is 4.84. The van der Waals surface area contributed by atoms with Gasteiger partial charge in [-0.15, -0.1) is 0 Å². The van der Waals surface area contributed by atoms with Crippen LogP contribution in [0.1, 0.15) is 47.8 Å². The van der Waals surface area contributed by atoms with Crippen molar-refractivity contribution in [2.75, 3.05) is 25.4 Å². The molecule has 1 amide bonds. The van der Waals surface area contributed by atoms with Gasteiger partial charge in [0.05, 0.1) is 28.9 Å². The lowest BCUT2D eigenvalue weighted by molar-refractivity contribution is 0.0950. The van der Waals surface area contributed by atoms with Gasteiger partial charge >= 0.3 is 0 Å². The molecule has 0 radical (unpaired) electrons. The second-order valence-electron chi connectivity index (χ2n) is 7.17. The fourth-order valence-electron chi connectivity index (χ4n) is 3.31.